The first-order valence-corrected chi connectivity index (χ1v) is 5.42. The Morgan fingerprint density at radius 1 is 1.06 bits per heavy atom. The van der Waals surface area contributed by atoms with Crippen molar-refractivity contribution in [2.24, 2.45) is 0 Å². The van der Waals surface area contributed by atoms with Gasteiger partial charge in [-0.25, -0.2) is 0 Å². The smallest absolute Gasteiger partial charge is 0.193 e. The lowest BCUT2D eigenvalue weighted by atomic mass is 10.0. The lowest BCUT2D eigenvalue weighted by Gasteiger charge is -2.06. The molecule has 0 spiro atoms. The van der Waals surface area contributed by atoms with Crippen LogP contribution >= 0.6 is 0 Å². The fraction of sp³-hybridized carbons (Fsp3) is 0.0714. The van der Waals surface area contributed by atoms with E-state index >= 15 is 0 Å². The van der Waals surface area contributed by atoms with Crippen LogP contribution in [-0.2, 0) is 0 Å². The van der Waals surface area contributed by atoms with E-state index in [4.69, 9.17) is 5.73 Å². The van der Waals surface area contributed by atoms with Gasteiger partial charge in [0.05, 0.1) is 5.69 Å². The van der Waals surface area contributed by atoms with E-state index in [0.717, 1.165) is 5.56 Å². The van der Waals surface area contributed by atoms with Crippen molar-refractivity contribution < 1.29 is 15.0 Å². The molecule has 0 aliphatic heterocycles. The van der Waals surface area contributed by atoms with E-state index in [9.17, 15) is 15.0 Å². The zero-order chi connectivity index (χ0) is 13.3. The second kappa shape index (κ2) is 4.41. The minimum atomic E-state index is -0.407. The fourth-order valence-electron chi connectivity index (χ4n) is 1.64. The zero-order valence-electron chi connectivity index (χ0n) is 9.84. The molecule has 0 aromatic heterocycles. The Kier molecular flexibility index (Phi) is 2.93. The van der Waals surface area contributed by atoms with Crippen LogP contribution in [0.2, 0.25) is 0 Å². The molecule has 0 atom stereocenters. The molecule has 0 aliphatic carbocycles. The van der Waals surface area contributed by atoms with Crippen molar-refractivity contribution in [3.63, 3.8) is 0 Å². The summed E-state index contributed by atoms with van der Waals surface area (Å²) in [4.78, 5) is 12.1. The number of benzene rings is 2. The number of carbonyl (C=O) groups is 1. The maximum absolute atomic E-state index is 12.1. The van der Waals surface area contributed by atoms with Gasteiger partial charge in [0, 0.05) is 11.1 Å². The Morgan fingerprint density at radius 2 is 1.67 bits per heavy atom. The van der Waals surface area contributed by atoms with E-state index in [0.29, 0.717) is 5.56 Å². The third kappa shape index (κ3) is 2.13. The monoisotopic (exact) mass is 243 g/mol. The molecular weight excluding hydrogens is 230 g/mol. The zero-order valence-corrected chi connectivity index (χ0v) is 9.84. The molecule has 0 amide bonds. The van der Waals surface area contributed by atoms with Gasteiger partial charge in [-0.15, -0.1) is 0 Å². The Balaban J connectivity index is 2.43. The summed E-state index contributed by atoms with van der Waals surface area (Å²) in [5.74, 6) is -1.06. The topological polar surface area (TPSA) is 83.6 Å². The van der Waals surface area contributed by atoms with Gasteiger partial charge >= 0.3 is 0 Å². The fourth-order valence-corrected chi connectivity index (χ4v) is 1.64. The average Bonchev–Trinajstić information content (AvgIpc) is 2.35. The van der Waals surface area contributed by atoms with Crippen molar-refractivity contribution in [2.45, 2.75) is 6.92 Å². The maximum atomic E-state index is 12.1. The Hall–Kier alpha value is -2.49. The van der Waals surface area contributed by atoms with Crippen molar-refractivity contribution >= 4 is 11.5 Å². The summed E-state index contributed by atoms with van der Waals surface area (Å²) in [5, 5.41) is 18.8. The van der Waals surface area contributed by atoms with E-state index in [2.05, 4.69) is 0 Å². The molecule has 0 unspecified atom stereocenters. The van der Waals surface area contributed by atoms with Gasteiger partial charge in [-0.2, -0.15) is 0 Å². The van der Waals surface area contributed by atoms with Gasteiger partial charge in [0.1, 0.15) is 0 Å². The first kappa shape index (κ1) is 12.0. The lowest BCUT2D eigenvalue weighted by Crippen LogP contribution is -2.02. The highest BCUT2D eigenvalue weighted by Gasteiger charge is 2.13. The van der Waals surface area contributed by atoms with Gasteiger partial charge in [0.2, 0.25) is 0 Å². The van der Waals surface area contributed by atoms with Crippen LogP contribution in [0.15, 0.2) is 36.4 Å². The number of hydrogen-bond donors (Lipinski definition) is 3. The second-order valence-corrected chi connectivity index (χ2v) is 4.13. The van der Waals surface area contributed by atoms with E-state index in [1.165, 1.54) is 12.1 Å². The van der Waals surface area contributed by atoms with Gasteiger partial charge in [-0.3, -0.25) is 4.79 Å². The maximum Gasteiger partial charge on any atom is 0.193 e. The molecule has 4 nitrogen and oxygen atoms in total. The number of ketones is 1. The van der Waals surface area contributed by atoms with Crippen molar-refractivity contribution in [1.82, 2.24) is 0 Å². The molecule has 0 saturated heterocycles. The van der Waals surface area contributed by atoms with Gasteiger partial charge in [-0.1, -0.05) is 29.8 Å². The standard InChI is InChI=1S/C14H13NO3/c1-8-2-4-9(5-3-8)13(17)10-6-11(15)14(18)12(16)7-10/h2-7,16,18H,15H2,1H3. The van der Waals surface area contributed by atoms with E-state index in [1.807, 2.05) is 19.1 Å². The van der Waals surface area contributed by atoms with Gasteiger partial charge in [0.15, 0.2) is 17.3 Å². The number of anilines is 1. The third-order valence-electron chi connectivity index (χ3n) is 2.70. The number of carbonyl (C=O) groups excluding carboxylic acids is 1. The molecule has 2 aromatic carbocycles. The summed E-state index contributed by atoms with van der Waals surface area (Å²) in [6, 6.07) is 9.62. The minimum absolute atomic E-state index is 0.0227. The van der Waals surface area contributed by atoms with Crippen LogP contribution in [0.25, 0.3) is 0 Å². The minimum Gasteiger partial charge on any atom is -0.504 e. The highest BCUT2D eigenvalue weighted by Crippen LogP contribution is 2.32. The largest absolute Gasteiger partial charge is 0.504 e. The highest BCUT2D eigenvalue weighted by molar-refractivity contribution is 6.09. The number of phenolic OH excluding ortho intramolecular Hbond substituents is 2. The molecule has 0 bridgehead atoms. The van der Waals surface area contributed by atoms with Crippen molar-refractivity contribution in [1.29, 1.82) is 0 Å². The van der Waals surface area contributed by atoms with Crippen LogP contribution in [0, 0.1) is 6.92 Å². The summed E-state index contributed by atoms with van der Waals surface area (Å²) < 4.78 is 0. The van der Waals surface area contributed by atoms with Crippen molar-refractivity contribution in [3.05, 3.63) is 53.1 Å². The predicted octanol–water partition coefficient (Wildman–Crippen LogP) is 2.22. The average molecular weight is 243 g/mol. The molecule has 0 aliphatic rings. The normalized spacial score (nSPS) is 10.3. The molecular formula is C14H13NO3. The van der Waals surface area contributed by atoms with Crippen LogP contribution < -0.4 is 5.73 Å². The van der Waals surface area contributed by atoms with Crippen LogP contribution in [0.3, 0.4) is 0 Å². The number of rotatable bonds is 2. The number of hydrogen-bond acceptors (Lipinski definition) is 4. The summed E-state index contributed by atoms with van der Waals surface area (Å²) in [5.41, 5.74) is 7.28. The molecule has 18 heavy (non-hydrogen) atoms. The Labute approximate surface area is 104 Å². The first-order valence-electron chi connectivity index (χ1n) is 5.42. The SMILES string of the molecule is Cc1ccc(C(=O)c2cc(N)c(O)c(O)c2)cc1. The predicted molar refractivity (Wildman–Crippen MR) is 68.8 cm³/mol. The van der Waals surface area contributed by atoms with Gasteiger partial charge in [-0.05, 0) is 19.1 Å². The van der Waals surface area contributed by atoms with E-state index < -0.39 is 11.5 Å². The highest BCUT2D eigenvalue weighted by atomic mass is 16.3. The van der Waals surface area contributed by atoms with Crippen LogP contribution in [0.4, 0.5) is 5.69 Å². The van der Waals surface area contributed by atoms with Crippen LogP contribution in [0.1, 0.15) is 21.5 Å². The first-order chi connectivity index (χ1) is 8.49. The van der Waals surface area contributed by atoms with Gasteiger partial charge in [0.25, 0.3) is 0 Å². The molecule has 0 saturated carbocycles. The summed E-state index contributed by atoms with van der Waals surface area (Å²) >= 11 is 0. The molecule has 0 radical (unpaired) electrons. The van der Waals surface area contributed by atoms with Crippen molar-refractivity contribution in [2.75, 3.05) is 5.73 Å². The summed E-state index contributed by atoms with van der Waals surface area (Å²) in [7, 11) is 0. The van der Waals surface area contributed by atoms with Crippen LogP contribution in [0.5, 0.6) is 11.5 Å². The number of nitrogens with two attached hydrogens (primary N) is 1. The molecule has 4 heteroatoms. The quantitative estimate of drug-likeness (QED) is 0.429. The van der Waals surface area contributed by atoms with E-state index in [1.54, 1.807) is 12.1 Å². The number of phenols is 2. The van der Waals surface area contributed by atoms with E-state index in [-0.39, 0.29) is 17.0 Å². The van der Waals surface area contributed by atoms with Crippen molar-refractivity contribution in [3.8, 4) is 11.5 Å². The number of aryl methyl sites for hydroxylation is 1. The molecule has 0 fully saturated rings. The summed E-state index contributed by atoms with van der Waals surface area (Å²) in [6.45, 7) is 1.93. The molecule has 4 N–H and O–H groups in total. The molecule has 92 valence electrons. The molecule has 0 heterocycles. The van der Waals surface area contributed by atoms with Gasteiger partial charge < -0.3 is 15.9 Å². The lowest BCUT2D eigenvalue weighted by molar-refractivity contribution is 0.103. The Morgan fingerprint density at radius 3 is 2.22 bits per heavy atom. The number of aromatic hydroxyl groups is 2. The molecule has 2 rings (SSSR count). The Bertz CT molecular complexity index is 580. The summed E-state index contributed by atoms with van der Waals surface area (Å²) in [6.07, 6.45) is 0. The number of nitrogen functional groups attached to an aromatic ring is 1. The third-order valence-corrected chi connectivity index (χ3v) is 2.70. The second-order valence-electron chi connectivity index (χ2n) is 4.13. The molecule has 2 aromatic rings. The van der Waals surface area contributed by atoms with Crippen LogP contribution in [-0.4, -0.2) is 16.0 Å².